The van der Waals surface area contributed by atoms with Gasteiger partial charge in [-0.1, -0.05) is 12.1 Å². The number of fused-ring (bicyclic) bond motifs is 1. The number of nitrogens with one attached hydrogen (secondary N) is 1. The normalized spacial score (nSPS) is 12.4. The maximum absolute atomic E-state index is 12.0. The van der Waals surface area contributed by atoms with Crippen molar-refractivity contribution in [3.63, 3.8) is 0 Å². The Morgan fingerprint density at radius 2 is 2.16 bits per heavy atom. The lowest BCUT2D eigenvalue weighted by atomic mass is 10.0. The molecular weight excluding hydrogens is 242 g/mol. The molecule has 0 saturated carbocycles. The second kappa shape index (κ2) is 5.24. The number of hydrogen-bond donors (Lipinski definition) is 3. The molecule has 0 aliphatic heterocycles. The highest BCUT2D eigenvalue weighted by atomic mass is 16.3. The van der Waals surface area contributed by atoms with Gasteiger partial charge in [0.15, 0.2) is 0 Å². The molecular formula is C14H17N3O2. The minimum absolute atomic E-state index is 0.193. The van der Waals surface area contributed by atoms with Crippen molar-refractivity contribution in [3.8, 4) is 0 Å². The van der Waals surface area contributed by atoms with E-state index in [1.165, 1.54) is 0 Å². The Hall–Kier alpha value is -2.14. The Morgan fingerprint density at radius 3 is 2.84 bits per heavy atom. The van der Waals surface area contributed by atoms with E-state index >= 15 is 0 Å². The maximum Gasteiger partial charge on any atom is 0.270 e. The number of hydrogen-bond acceptors (Lipinski definition) is 4. The molecule has 1 atom stereocenters. The van der Waals surface area contributed by atoms with Crippen LogP contribution in [-0.4, -0.2) is 28.6 Å². The molecule has 4 N–H and O–H groups in total. The highest BCUT2D eigenvalue weighted by molar-refractivity contribution is 6.08. The number of aromatic nitrogens is 1. The van der Waals surface area contributed by atoms with Crippen LogP contribution in [0.5, 0.6) is 0 Å². The van der Waals surface area contributed by atoms with Gasteiger partial charge >= 0.3 is 0 Å². The Bertz CT molecular complexity index is 623. The van der Waals surface area contributed by atoms with E-state index in [0.29, 0.717) is 16.8 Å². The van der Waals surface area contributed by atoms with Gasteiger partial charge < -0.3 is 16.2 Å². The molecule has 5 heteroatoms. The predicted octanol–water partition coefficient (Wildman–Crippen LogP) is 1.24. The molecule has 1 aromatic heterocycles. The van der Waals surface area contributed by atoms with Crippen LogP contribution in [0.1, 0.15) is 23.0 Å². The minimum atomic E-state index is -0.591. The van der Waals surface area contributed by atoms with Gasteiger partial charge in [-0.2, -0.15) is 0 Å². The quantitative estimate of drug-likeness (QED) is 0.723. The average Bonchev–Trinajstić information content (AvgIpc) is 2.39. The number of rotatable bonds is 3. The molecule has 2 rings (SSSR count). The molecule has 0 saturated heterocycles. The number of carbonyl (C=O) groups is 1. The molecule has 0 aliphatic rings. The fraction of sp³-hybridized carbons (Fsp3) is 0.286. The van der Waals surface area contributed by atoms with E-state index in [2.05, 4.69) is 10.3 Å². The summed E-state index contributed by atoms with van der Waals surface area (Å²) in [6, 6.07) is 5.50. The Balaban J connectivity index is 2.44. The van der Waals surface area contributed by atoms with E-state index < -0.39 is 6.10 Å². The van der Waals surface area contributed by atoms with Crippen LogP contribution in [-0.2, 0) is 0 Å². The first kappa shape index (κ1) is 13.3. The van der Waals surface area contributed by atoms with Crippen molar-refractivity contribution in [1.82, 2.24) is 10.3 Å². The number of amides is 1. The smallest absolute Gasteiger partial charge is 0.270 e. The van der Waals surface area contributed by atoms with Crippen molar-refractivity contribution in [2.75, 3.05) is 12.3 Å². The summed E-state index contributed by atoms with van der Waals surface area (Å²) in [5, 5.41) is 13.4. The zero-order valence-electron chi connectivity index (χ0n) is 11.0. The third-order valence-electron chi connectivity index (χ3n) is 2.98. The molecule has 19 heavy (non-hydrogen) atoms. The van der Waals surface area contributed by atoms with Gasteiger partial charge in [0.2, 0.25) is 0 Å². The highest BCUT2D eigenvalue weighted by Crippen LogP contribution is 2.25. The number of nitrogens with two attached hydrogens (primary N) is 1. The van der Waals surface area contributed by atoms with Crippen LogP contribution >= 0.6 is 0 Å². The Morgan fingerprint density at radius 1 is 1.42 bits per heavy atom. The monoisotopic (exact) mass is 259 g/mol. The fourth-order valence-corrected chi connectivity index (χ4v) is 1.89. The number of aryl methyl sites for hydroxylation is 1. The van der Waals surface area contributed by atoms with E-state index in [9.17, 15) is 9.90 Å². The van der Waals surface area contributed by atoms with E-state index in [-0.39, 0.29) is 12.5 Å². The second-order valence-corrected chi connectivity index (χ2v) is 4.61. The van der Waals surface area contributed by atoms with Crippen LogP contribution in [0.3, 0.4) is 0 Å². The molecule has 2 aromatic rings. The van der Waals surface area contributed by atoms with Gasteiger partial charge in [-0.25, -0.2) is 0 Å². The lowest BCUT2D eigenvalue weighted by molar-refractivity contribution is 0.0921. The Kier molecular flexibility index (Phi) is 3.66. The molecule has 1 unspecified atom stereocenters. The van der Waals surface area contributed by atoms with Crippen molar-refractivity contribution in [1.29, 1.82) is 0 Å². The second-order valence-electron chi connectivity index (χ2n) is 4.61. The van der Waals surface area contributed by atoms with Crippen LogP contribution in [0.2, 0.25) is 0 Å². The van der Waals surface area contributed by atoms with Crippen LogP contribution in [0, 0.1) is 6.92 Å². The number of benzene rings is 1. The molecule has 5 nitrogen and oxygen atoms in total. The number of nitrogens with zero attached hydrogens (tertiary/aromatic N) is 1. The average molecular weight is 259 g/mol. The summed E-state index contributed by atoms with van der Waals surface area (Å²) in [5.41, 5.74) is 7.96. The molecule has 100 valence electrons. The first-order valence-corrected chi connectivity index (χ1v) is 6.10. The van der Waals surface area contributed by atoms with Crippen molar-refractivity contribution in [3.05, 3.63) is 35.7 Å². The van der Waals surface area contributed by atoms with E-state index in [4.69, 9.17) is 5.73 Å². The van der Waals surface area contributed by atoms with Gasteiger partial charge in [0.25, 0.3) is 5.91 Å². The molecule has 1 heterocycles. The van der Waals surface area contributed by atoms with E-state index in [1.807, 2.05) is 19.1 Å². The SMILES string of the molecule is Cc1ccc2c(C(=O)NCC(C)O)nccc2c1N. The maximum atomic E-state index is 12.0. The summed E-state index contributed by atoms with van der Waals surface area (Å²) < 4.78 is 0. The zero-order valence-corrected chi connectivity index (χ0v) is 11.0. The van der Waals surface area contributed by atoms with E-state index in [1.54, 1.807) is 19.2 Å². The van der Waals surface area contributed by atoms with Crippen LogP contribution in [0.25, 0.3) is 10.8 Å². The molecule has 1 amide bonds. The summed E-state index contributed by atoms with van der Waals surface area (Å²) in [6.45, 7) is 3.72. The largest absolute Gasteiger partial charge is 0.398 e. The number of carbonyl (C=O) groups excluding carboxylic acids is 1. The number of anilines is 1. The van der Waals surface area contributed by atoms with Crippen LogP contribution in [0.4, 0.5) is 5.69 Å². The highest BCUT2D eigenvalue weighted by Gasteiger charge is 2.13. The summed E-state index contributed by atoms with van der Waals surface area (Å²) in [7, 11) is 0. The van der Waals surface area contributed by atoms with Crippen LogP contribution < -0.4 is 11.1 Å². The van der Waals surface area contributed by atoms with Gasteiger partial charge in [-0.05, 0) is 25.5 Å². The molecule has 0 radical (unpaired) electrons. The van der Waals surface area contributed by atoms with Gasteiger partial charge in [0.05, 0.1) is 6.10 Å². The van der Waals surface area contributed by atoms with Gasteiger partial charge in [0, 0.05) is 29.2 Å². The third-order valence-corrected chi connectivity index (χ3v) is 2.98. The molecule has 0 bridgehead atoms. The van der Waals surface area contributed by atoms with Gasteiger partial charge in [-0.15, -0.1) is 0 Å². The summed E-state index contributed by atoms with van der Waals surface area (Å²) in [5.74, 6) is -0.310. The van der Waals surface area contributed by atoms with Gasteiger partial charge in [0.1, 0.15) is 5.69 Å². The topological polar surface area (TPSA) is 88.2 Å². The Labute approximate surface area is 111 Å². The first-order chi connectivity index (χ1) is 9.00. The summed E-state index contributed by atoms with van der Waals surface area (Å²) in [4.78, 5) is 16.1. The lowest BCUT2D eigenvalue weighted by Crippen LogP contribution is -2.31. The first-order valence-electron chi connectivity index (χ1n) is 6.10. The molecule has 1 aromatic carbocycles. The minimum Gasteiger partial charge on any atom is -0.398 e. The van der Waals surface area contributed by atoms with Crippen molar-refractivity contribution in [2.45, 2.75) is 20.0 Å². The number of aliphatic hydroxyl groups is 1. The number of nitrogen functional groups attached to an aromatic ring is 1. The van der Waals surface area contributed by atoms with Crippen molar-refractivity contribution in [2.24, 2.45) is 0 Å². The fourth-order valence-electron chi connectivity index (χ4n) is 1.89. The molecule has 0 fully saturated rings. The molecule has 0 spiro atoms. The summed E-state index contributed by atoms with van der Waals surface area (Å²) >= 11 is 0. The van der Waals surface area contributed by atoms with Crippen molar-refractivity contribution < 1.29 is 9.90 Å². The summed E-state index contributed by atoms with van der Waals surface area (Å²) in [6.07, 6.45) is 0.973. The van der Waals surface area contributed by atoms with Gasteiger partial charge in [-0.3, -0.25) is 9.78 Å². The standard InChI is InChI=1S/C14H17N3O2/c1-8-3-4-11-10(12(8)15)5-6-16-13(11)14(19)17-7-9(2)18/h3-6,9,18H,7,15H2,1-2H3,(H,17,19). The number of pyridine rings is 1. The predicted molar refractivity (Wildman–Crippen MR) is 74.9 cm³/mol. The van der Waals surface area contributed by atoms with Crippen LogP contribution in [0.15, 0.2) is 24.4 Å². The third kappa shape index (κ3) is 2.66. The lowest BCUT2D eigenvalue weighted by Gasteiger charge is -2.10. The van der Waals surface area contributed by atoms with Crippen molar-refractivity contribution >= 4 is 22.4 Å². The zero-order chi connectivity index (χ0) is 14.0. The molecule has 0 aliphatic carbocycles. The number of aliphatic hydroxyl groups excluding tert-OH is 1. The van der Waals surface area contributed by atoms with E-state index in [0.717, 1.165) is 10.9 Å².